The predicted octanol–water partition coefficient (Wildman–Crippen LogP) is 3.82. The van der Waals surface area contributed by atoms with Gasteiger partial charge in [0.25, 0.3) is 5.91 Å². The van der Waals surface area contributed by atoms with Crippen LogP contribution in [0.4, 0.5) is 10.1 Å². The second kappa shape index (κ2) is 8.01. The maximum Gasteiger partial charge on any atom is 0.258 e. The summed E-state index contributed by atoms with van der Waals surface area (Å²) in [7, 11) is -3.76. The van der Waals surface area contributed by atoms with Crippen LogP contribution in [0.1, 0.15) is 27.0 Å². The van der Waals surface area contributed by atoms with Gasteiger partial charge in [-0.2, -0.15) is 0 Å². The van der Waals surface area contributed by atoms with Gasteiger partial charge in [-0.3, -0.25) is 4.79 Å². The van der Waals surface area contributed by atoms with Crippen LogP contribution < -0.4 is 9.62 Å². The summed E-state index contributed by atoms with van der Waals surface area (Å²) in [6.45, 7) is 2.63. The summed E-state index contributed by atoms with van der Waals surface area (Å²) in [6, 6.07) is 17.7. The summed E-state index contributed by atoms with van der Waals surface area (Å²) in [5.74, 6) is -0.566. The highest BCUT2D eigenvalue weighted by molar-refractivity contribution is 7.89. The van der Waals surface area contributed by atoms with Gasteiger partial charge < -0.3 is 4.90 Å². The van der Waals surface area contributed by atoms with Gasteiger partial charge in [0.05, 0.1) is 4.90 Å². The Labute approximate surface area is 175 Å². The lowest BCUT2D eigenvalue weighted by Gasteiger charge is -2.18. The van der Waals surface area contributed by atoms with Crippen molar-refractivity contribution in [3.63, 3.8) is 0 Å². The monoisotopic (exact) mass is 424 g/mol. The topological polar surface area (TPSA) is 66.5 Å². The number of nitrogens with one attached hydrogen (secondary N) is 1. The van der Waals surface area contributed by atoms with Crippen LogP contribution in [0.3, 0.4) is 0 Å². The third-order valence-electron chi connectivity index (χ3n) is 5.18. The number of aryl methyl sites for hydroxylation is 1. The smallest absolute Gasteiger partial charge is 0.258 e. The van der Waals surface area contributed by atoms with Gasteiger partial charge in [0.15, 0.2) is 0 Å². The maximum atomic E-state index is 13.0. The Morgan fingerprint density at radius 1 is 1.03 bits per heavy atom. The third kappa shape index (κ3) is 4.13. The van der Waals surface area contributed by atoms with Gasteiger partial charge in [-0.25, -0.2) is 17.5 Å². The quantitative estimate of drug-likeness (QED) is 0.677. The average Bonchev–Trinajstić information content (AvgIpc) is 3.16. The predicted molar refractivity (Wildman–Crippen MR) is 113 cm³/mol. The lowest BCUT2D eigenvalue weighted by Crippen LogP contribution is -2.29. The van der Waals surface area contributed by atoms with Gasteiger partial charge in [-0.15, -0.1) is 0 Å². The Kier molecular flexibility index (Phi) is 5.40. The molecule has 3 aromatic rings. The highest BCUT2D eigenvalue weighted by atomic mass is 32.2. The minimum Gasteiger partial charge on any atom is -0.308 e. The molecule has 1 N–H and O–H groups in total. The Morgan fingerprint density at radius 2 is 1.73 bits per heavy atom. The lowest BCUT2D eigenvalue weighted by atomic mass is 10.1. The molecular formula is C23H21FN2O3S. The minimum absolute atomic E-state index is 0.00114. The van der Waals surface area contributed by atoms with Crippen molar-refractivity contribution in [1.82, 2.24) is 4.72 Å². The molecule has 1 amide bonds. The van der Waals surface area contributed by atoms with E-state index in [1.54, 1.807) is 4.90 Å². The van der Waals surface area contributed by atoms with E-state index in [4.69, 9.17) is 0 Å². The fourth-order valence-electron chi connectivity index (χ4n) is 3.47. The van der Waals surface area contributed by atoms with Crippen LogP contribution in [0.2, 0.25) is 0 Å². The first-order chi connectivity index (χ1) is 14.3. The lowest BCUT2D eigenvalue weighted by molar-refractivity contribution is 0.0989. The van der Waals surface area contributed by atoms with Crippen molar-refractivity contribution in [1.29, 1.82) is 0 Å². The van der Waals surface area contributed by atoms with Crippen LogP contribution in [-0.4, -0.2) is 20.9 Å². The molecule has 0 aliphatic carbocycles. The van der Waals surface area contributed by atoms with Crippen LogP contribution in [-0.2, 0) is 23.0 Å². The molecule has 0 fully saturated rings. The number of anilines is 1. The molecule has 0 saturated heterocycles. The Balaban J connectivity index is 1.52. The fraction of sp³-hybridized carbons (Fsp3) is 0.174. The first kappa shape index (κ1) is 20.3. The molecule has 0 saturated carbocycles. The summed E-state index contributed by atoms with van der Waals surface area (Å²) in [6.07, 6.45) is 0.758. The zero-order valence-electron chi connectivity index (χ0n) is 16.4. The van der Waals surface area contributed by atoms with Gasteiger partial charge in [-0.1, -0.05) is 29.8 Å². The summed E-state index contributed by atoms with van der Waals surface area (Å²) in [5.41, 5.74) is 4.31. The zero-order chi connectivity index (χ0) is 21.3. The molecule has 1 aliphatic heterocycles. The number of sulfonamides is 1. The second-order valence-electron chi connectivity index (χ2n) is 7.31. The molecule has 0 unspecified atom stereocenters. The third-order valence-corrected chi connectivity index (χ3v) is 6.60. The Morgan fingerprint density at radius 3 is 2.43 bits per heavy atom. The molecule has 0 atom stereocenters. The van der Waals surface area contributed by atoms with Crippen molar-refractivity contribution in [2.75, 3.05) is 11.4 Å². The Hall–Kier alpha value is -3.03. The number of hydrogen-bond donors (Lipinski definition) is 1. The van der Waals surface area contributed by atoms with Crippen molar-refractivity contribution >= 4 is 21.6 Å². The average molecular weight is 424 g/mol. The van der Waals surface area contributed by atoms with Gasteiger partial charge >= 0.3 is 0 Å². The standard InChI is InChI=1S/C23H21FN2O3S/c1-16-2-5-19(6-3-16)23(27)26-13-12-18-7-4-17(14-22(18)26)15-25-30(28,29)21-10-8-20(24)9-11-21/h2-11,14,25H,12-13,15H2,1H3. The van der Waals surface area contributed by atoms with Crippen LogP contribution in [0.25, 0.3) is 0 Å². The van der Waals surface area contributed by atoms with Crippen molar-refractivity contribution in [3.8, 4) is 0 Å². The molecule has 1 aliphatic rings. The van der Waals surface area contributed by atoms with Gasteiger partial charge in [0.1, 0.15) is 5.82 Å². The van der Waals surface area contributed by atoms with E-state index in [9.17, 15) is 17.6 Å². The largest absolute Gasteiger partial charge is 0.308 e. The van der Waals surface area contributed by atoms with Gasteiger partial charge in [0.2, 0.25) is 10.0 Å². The van der Waals surface area contributed by atoms with E-state index in [1.807, 2.05) is 49.4 Å². The van der Waals surface area contributed by atoms with Crippen LogP contribution >= 0.6 is 0 Å². The molecule has 3 aromatic carbocycles. The molecule has 5 nitrogen and oxygen atoms in total. The molecule has 0 spiro atoms. The highest BCUT2D eigenvalue weighted by Gasteiger charge is 2.26. The summed E-state index contributed by atoms with van der Waals surface area (Å²) in [5, 5.41) is 0. The normalized spacial score (nSPS) is 13.3. The summed E-state index contributed by atoms with van der Waals surface area (Å²) < 4.78 is 40.5. The number of carbonyl (C=O) groups is 1. The van der Waals surface area contributed by atoms with Crippen LogP contribution in [0.15, 0.2) is 71.6 Å². The van der Waals surface area contributed by atoms with Crippen molar-refractivity contribution in [2.24, 2.45) is 0 Å². The molecule has 154 valence electrons. The van der Waals surface area contributed by atoms with E-state index in [1.165, 1.54) is 12.1 Å². The Bertz CT molecular complexity index is 1190. The second-order valence-corrected chi connectivity index (χ2v) is 9.08. The number of rotatable bonds is 5. The molecule has 7 heteroatoms. The zero-order valence-corrected chi connectivity index (χ0v) is 17.2. The molecule has 0 aromatic heterocycles. The number of benzene rings is 3. The van der Waals surface area contributed by atoms with E-state index < -0.39 is 15.8 Å². The van der Waals surface area contributed by atoms with E-state index >= 15 is 0 Å². The molecule has 30 heavy (non-hydrogen) atoms. The van der Waals surface area contributed by atoms with Crippen molar-refractivity contribution < 1.29 is 17.6 Å². The van der Waals surface area contributed by atoms with Gasteiger partial charge in [0, 0.05) is 24.3 Å². The molecule has 4 rings (SSSR count). The number of fused-ring (bicyclic) bond motifs is 1. The molecule has 0 bridgehead atoms. The van der Waals surface area contributed by atoms with E-state index in [-0.39, 0.29) is 17.3 Å². The first-order valence-corrected chi connectivity index (χ1v) is 11.1. The summed E-state index contributed by atoms with van der Waals surface area (Å²) >= 11 is 0. The number of carbonyl (C=O) groups excluding carboxylic acids is 1. The van der Waals surface area contributed by atoms with Crippen LogP contribution in [0.5, 0.6) is 0 Å². The molecule has 0 radical (unpaired) electrons. The maximum absolute atomic E-state index is 13.0. The number of halogens is 1. The SMILES string of the molecule is Cc1ccc(C(=O)N2CCc3ccc(CNS(=O)(=O)c4ccc(F)cc4)cc32)cc1. The summed E-state index contributed by atoms with van der Waals surface area (Å²) in [4.78, 5) is 14.7. The molecule has 1 heterocycles. The van der Waals surface area contributed by atoms with E-state index in [2.05, 4.69) is 4.72 Å². The van der Waals surface area contributed by atoms with E-state index in [0.717, 1.165) is 40.9 Å². The number of hydrogen-bond acceptors (Lipinski definition) is 3. The number of nitrogens with zero attached hydrogens (tertiary/aromatic N) is 1. The molecular weight excluding hydrogens is 403 g/mol. The fourth-order valence-corrected chi connectivity index (χ4v) is 4.49. The number of amides is 1. The highest BCUT2D eigenvalue weighted by Crippen LogP contribution is 2.30. The van der Waals surface area contributed by atoms with Crippen molar-refractivity contribution in [2.45, 2.75) is 24.8 Å². The first-order valence-electron chi connectivity index (χ1n) is 9.59. The van der Waals surface area contributed by atoms with Gasteiger partial charge in [-0.05, 0) is 66.9 Å². The van der Waals surface area contributed by atoms with Crippen LogP contribution in [0, 0.1) is 12.7 Å². The van der Waals surface area contributed by atoms with E-state index in [0.29, 0.717) is 12.1 Å². The minimum atomic E-state index is -3.76. The van der Waals surface area contributed by atoms with Crippen molar-refractivity contribution in [3.05, 3.63) is 94.8 Å².